The van der Waals surface area contributed by atoms with Gasteiger partial charge in [-0.3, -0.25) is 10.6 Å². The van der Waals surface area contributed by atoms with Crippen LogP contribution in [0.5, 0.6) is 0 Å². The van der Waals surface area contributed by atoms with E-state index >= 15 is 0 Å². The smallest absolute Gasteiger partial charge is 0.0579 e. The molecule has 104 valence electrons. The second kappa shape index (κ2) is 5.32. The molecule has 0 aromatic rings. The van der Waals surface area contributed by atoms with Crippen molar-refractivity contribution in [1.29, 1.82) is 0 Å². The van der Waals surface area contributed by atoms with Gasteiger partial charge in [-0.1, -0.05) is 12.2 Å². The van der Waals surface area contributed by atoms with E-state index in [4.69, 9.17) is 0 Å². The summed E-state index contributed by atoms with van der Waals surface area (Å²) in [4.78, 5) is 0. The maximum Gasteiger partial charge on any atom is 0.0579 e. The Morgan fingerprint density at radius 3 is 2.39 bits per heavy atom. The Labute approximate surface area is 112 Å². The van der Waals surface area contributed by atoms with E-state index in [-0.39, 0.29) is 11.1 Å². The number of hydrogen-bond donors (Lipinski definition) is 3. The molecule has 1 unspecified atom stereocenters. The Morgan fingerprint density at radius 2 is 1.72 bits per heavy atom. The Kier molecular flexibility index (Phi) is 4.15. The van der Waals surface area contributed by atoms with Gasteiger partial charge in [0.1, 0.15) is 0 Å². The first-order valence-corrected chi connectivity index (χ1v) is 7.30. The van der Waals surface area contributed by atoms with Crippen LogP contribution in [0.15, 0.2) is 12.2 Å². The van der Waals surface area contributed by atoms with E-state index in [2.05, 4.69) is 55.8 Å². The number of hydrogen-bond acceptors (Lipinski definition) is 3. The topological polar surface area (TPSA) is 36.1 Å². The average Bonchev–Trinajstić information content (AvgIpc) is 2.40. The quantitative estimate of drug-likeness (QED) is 0.658. The predicted octanol–water partition coefficient (Wildman–Crippen LogP) is 2.15. The Balaban J connectivity index is 1.92. The molecule has 1 fully saturated rings. The minimum Gasteiger partial charge on any atom is -0.307 e. The van der Waals surface area contributed by atoms with Crippen molar-refractivity contribution in [3.05, 3.63) is 12.2 Å². The van der Waals surface area contributed by atoms with Crippen molar-refractivity contribution < 1.29 is 0 Å². The van der Waals surface area contributed by atoms with Gasteiger partial charge < -0.3 is 5.32 Å². The SMILES string of the molecule is CC1(C)CC(NC2CCC=CCN2)CC(C)(C)N1. The largest absolute Gasteiger partial charge is 0.307 e. The van der Waals surface area contributed by atoms with E-state index in [1.165, 1.54) is 25.7 Å². The summed E-state index contributed by atoms with van der Waals surface area (Å²) in [6.45, 7) is 10.2. The molecule has 0 radical (unpaired) electrons. The van der Waals surface area contributed by atoms with Crippen LogP contribution < -0.4 is 16.0 Å². The van der Waals surface area contributed by atoms with Crippen LogP contribution in [0.1, 0.15) is 53.4 Å². The molecule has 0 aromatic heterocycles. The van der Waals surface area contributed by atoms with Gasteiger partial charge in [-0.25, -0.2) is 0 Å². The van der Waals surface area contributed by atoms with Gasteiger partial charge in [0.25, 0.3) is 0 Å². The highest BCUT2D eigenvalue weighted by Crippen LogP contribution is 2.28. The van der Waals surface area contributed by atoms with E-state index in [9.17, 15) is 0 Å². The van der Waals surface area contributed by atoms with Gasteiger partial charge >= 0.3 is 0 Å². The van der Waals surface area contributed by atoms with E-state index in [0.29, 0.717) is 12.2 Å². The zero-order valence-corrected chi connectivity index (χ0v) is 12.3. The molecule has 18 heavy (non-hydrogen) atoms. The van der Waals surface area contributed by atoms with Crippen LogP contribution in [0.2, 0.25) is 0 Å². The molecule has 0 bridgehead atoms. The van der Waals surface area contributed by atoms with Crippen molar-refractivity contribution in [3.8, 4) is 0 Å². The maximum absolute atomic E-state index is 3.82. The second-order valence-electron chi connectivity index (χ2n) is 7.17. The van der Waals surface area contributed by atoms with Crippen molar-refractivity contribution in [2.75, 3.05) is 6.54 Å². The molecule has 3 N–H and O–H groups in total. The molecule has 0 amide bonds. The standard InChI is InChI=1S/C15H29N3/c1-14(2)10-12(11-15(3,4)18-14)17-13-8-6-5-7-9-16-13/h5,7,12-13,16-18H,6,8-11H2,1-4H3. The van der Waals surface area contributed by atoms with Gasteiger partial charge in [-0.15, -0.1) is 0 Å². The fourth-order valence-corrected chi connectivity index (χ4v) is 3.64. The number of nitrogens with one attached hydrogen (secondary N) is 3. The minimum atomic E-state index is 0.225. The highest BCUT2D eigenvalue weighted by atomic mass is 15.2. The second-order valence-corrected chi connectivity index (χ2v) is 7.17. The summed E-state index contributed by atoms with van der Waals surface area (Å²) in [5, 5.41) is 11.1. The number of piperidine rings is 1. The summed E-state index contributed by atoms with van der Waals surface area (Å²) in [6, 6.07) is 0.604. The summed E-state index contributed by atoms with van der Waals surface area (Å²) in [5.74, 6) is 0. The van der Waals surface area contributed by atoms with Crippen LogP contribution in [0.25, 0.3) is 0 Å². The first kappa shape index (κ1) is 14.0. The molecule has 1 atom stereocenters. The maximum atomic E-state index is 3.82. The first-order valence-electron chi connectivity index (χ1n) is 7.30. The van der Waals surface area contributed by atoms with Crippen LogP contribution in [-0.2, 0) is 0 Å². The molecule has 2 aliphatic rings. The van der Waals surface area contributed by atoms with Crippen LogP contribution in [0, 0.1) is 0 Å². The number of rotatable bonds is 2. The summed E-state index contributed by atoms with van der Waals surface area (Å²) in [5.41, 5.74) is 0.449. The molecule has 3 heteroatoms. The van der Waals surface area contributed by atoms with Crippen molar-refractivity contribution >= 4 is 0 Å². The molecule has 0 spiro atoms. The lowest BCUT2D eigenvalue weighted by atomic mass is 9.79. The lowest BCUT2D eigenvalue weighted by Crippen LogP contribution is -2.63. The normalized spacial score (nSPS) is 32.1. The Bertz CT molecular complexity index is 281. The van der Waals surface area contributed by atoms with Gasteiger partial charge in [0.05, 0.1) is 6.17 Å². The molecule has 0 saturated carbocycles. The molecular formula is C15H29N3. The molecule has 2 aliphatic heterocycles. The monoisotopic (exact) mass is 251 g/mol. The first-order chi connectivity index (χ1) is 8.36. The molecule has 2 rings (SSSR count). The van der Waals surface area contributed by atoms with Crippen molar-refractivity contribution in [1.82, 2.24) is 16.0 Å². The molecule has 0 aliphatic carbocycles. The molecular weight excluding hydrogens is 222 g/mol. The van der Waals surface area contributed by atoms with Crippen LogP contribution in [-0.4, -0.2) is 29.8 Å². The Hall–Kier alpha value is -0.380. The van der Waals surface area contributed by atoms with Gasteiger partial charge in [0, 0.05) is 23.7 Å². The van der Waals surface area contributed by atoms with Crippen molar-refractivity contribution in [2.24, 2.45) is 0 Å². The van der Waals surface area contributed by atoms with Crippen LogP contribution in [0.3, 0.4) is 0 Å². The molecule has 2 heterocycles. The van der Waals surface area contributed by atoms with Gasteiger partial charge in [-0.2, -0.15) is 0 Å². The van der Waals surface area contributed by atoms with Crippen LogP contribution >= 0.6 is 0 Å². The van der Waals surface area contributed by atoms with Crippen LogP contribution in [0.4, 0.5) is 0 Å². The minimum absolute atomic E-state index is 0.225. The third-order valence-corrected chi connectivity index (χ3v) is 3.90. The van der Waals surface area contributed by atoms with E-state index < -0.39 is 0 Å². The fourth-order valence-electron chi connectivity index (χ4n) is 3.64. The molecule has 0 aromatic carbocycles. The number of allylic oxidation sites excluding steroid dienone is 1. The summed E-state index contributed by atoms with van der Waals surface area (Å²) >= 11 is 0. The third kappa shape index (κ3) is 4.08. The predicted molar refractivity (Wildman–Crippen MR) is 77.6 cm³/mol. The lowest BCUT2D eigenvalue weighted by Gasteiger charge is -2.47. The van der Waals surface area contributed by atoms with E-state index in [1.807, 2.05) is 0 Å². The highest BCUT2D eigenvalue weighted by Gasteiger charge is 2.38. The zero-order chi connectivity index (χ0) is 13.2. The van der Waals surface area contributed by atoms with Gasteiger partial charge in [0.2, 0.25) is 0 Å². The third-order valence-electron chi connectivity index (χ3n) is 3.90. The summed E-state index contributed by atoms with van der Waals surface area (Å²) < 4.78 is 0. The van der Waals surface area contributed by atoms with E-state index in [0.717, 1.165) is 6.54 Å². The fraction of sp³-hybridized carbons (Fsp3) is 0.867. The highest BCUT2D eigenvalue weighted by molar-refractivity contribution is 5.00. The Morgan fingerprint density at radius 1 is 1.06 bits per heavy atom. The van der Waals surface area contributed by atoms with E-state index in [1.54, 1.807) is 0 Å². The van der Waals surface area contributed by atoms with Gasteiger partial charge in [-0.05, 0) is 53.4 Å². The van der Waals surface area contributed by atoms with Gasteiger partial charge in [0.15, 0.2) is 0 Å². The molecule has 1 saturated heterocycles. The molecule has 3 nitrogen and oxygen atoms in total. The van der Waals surface area contributed by atoms with Crippen molar-refractivity contribution in [3.63, 3.8) is 0 Å². The lowest BCUT2D eigenvalue weighted by molar-refractivity contribution is 0.135. The summed E-state index contributed by atoms with van der Waals surface area (Å²) in [6.07, 6.45) is 9.76. The summed E-state index contributed by atoms with van der Waals surface area (Å²) in [7, 11) is 0. The van der Waals surface area contributed by atoms with Crippen molar-refractivity contribution in [2.45, 2.75) is 76.7 Å². The average molecular weight is 251 g/mol. The zero-order valence-electron chi connectivity index (χ0n) is 12.3.